The normalized spacial score (nSPS) is 29.7. The minimum atomic E-state index is -5.52. The van der Waals surface area contributed by atoms with Gasteiger partial charge in [-0.05, 0) is 6.07 Å². The molecular weight excluding hydrogens is 610 g/mol. The molecule has 0 amide bonds. The van der Waals surface area contributed by atoms with Gasteiger partial charge in [-0.25, -0.2) is 14.3 Å². The number of aliphatic hydroxyl groups is 1. The van der Waals surface area contributed by atoms with Gasteiger partial charge in [0.2, 0.25) is 5.95 Å². The molecule has 0 spiro atoms. The second kappa shape index (κ2) is 10.9. The van der Waals surface area contributed by atoms with Gasteiger partial charge in [0.15, 0.2) is 11.2 Å². The number of rotatable bonds is 9. The highest BCUT2D eigenvalue weighted by atomic mass is 31.2. The van der Waals surface area contributed by atoms with Gasteiger partial charge in [-0.1, -0.05) is 0 Å². The van der Waals surface area contributed by atoms with Crippen molar-refractivity contribution in [2.45, 2.75) is 55.6 Å². The summed E-state index contributed by atoms with van der Waals surface area (Å²) in [5, 5.41) is 10.9. The molecule has 230 valence electrons. The van der Waals surface area contributed by atoms with Crippen LogP contribution in [0.15, 0.2) is 28.2 Å². The van der Waals surface area contributed by atoms with Crippen molar-refractivity contribution in [3.63, 3.8) is 0 Å². The summed E-state index contributed by atoms with van der Waals surface area (Å²) < 4.78 is 47.2. The minimum absolute atomic E-state index is 0.0369. The van der Waals surface area contributed by atoms with Gasteiger partial charge in [-0.15, -0.1) is 0 Å². The van der Waals surface area contributed by atoms with Crippen LogP contribution in [-0.4, -0.2) is 79.4 Å². The van der Waals surface area contributed by atoms with Crippen LogP contribution in [0.5, 0.6) is 0 Å². The molecule has 21 nitrogen and oxygen atoms in total. The van der Waals surface area contributed by atoms with Crippen molar-refractivity contribution in [2.75, 3.05) is 18.1 Å². The Morgan fingerprint density at radius 2 is 1.90 bits per heavy atom. The number of anilines is 2. The standard InChI is InChI=1S/C19H26N8O13P2/c20-11-1-2-26(18(30)23-11)13-4-10(40-42(34,35)36)19(39-13,6-37-41(31,32)33)5-9-8(28)3-12(38-9)27-7-22-14-15(27)24-17(21)25-16(14)29/h1-2,7-10,12-13,28H,3-6H2,(H2,20,23,30)(H2,31,32,33)(H2,34,35,36)(H3,21,24,25,29)/p-1. The van der Waals surface area contributed by atoms with Crippen LogP contribution >= 0.6 is 15.6 Å². The van der Waals surface area contributed by atoms with E-state index in [-0.39, 0.29) is 29.4 Å². The number of H-pyrrole nitrogens is 1. The highest BCUT2D eigenvalue weighted by Crippen LogP contribution is 2.51. The summed E-state index contributed by atoms with van der Waals surface area (Å²) in [6.07, 6.45) is -5.32. The molecule has 42 heavy (non-hydrogen) atoms. The molecule has 0 aromatic carbocycles. The van der Waals surface area contributed by atoms with Crippen molar-refractivity contribution in [2.24, 2.45) is 0 Å². The van der Waals surface area contributed by atoms with Crippen molar-refractivity contribution in [3.05, 3.63) is 39.4 Å². The number of phosphoric acid groups is 2. The number of fused-ring (bicyclic) bond motifs is 1. The summed E-state index contributed by atoms with van der Waals surface area (Å²) in [6.45, 7) is -1.03. The summed E-state index contributed by atoms with van der Waals surface area (Å²) in [7, 11) is -10.7. The second-order valence-corrected chi connectivity index (χ2v) is 12.0. The Hall–Kier alpha value is -3.07. The number of nitrogens with one attached hydrogen (secondary N) is 1. The van der Waals surface area contributed by atoms with Gasteiger partial charge in [-0.2, -0.15) is 9.97 Å². The fourth-order valence-corrected chi connectivity index (χ4v) is 6.02. The molecule has 3 aromatic rings. The molecule has 9 N–H and O–H groups in total. The largest absolute Gasteiger partial charge is 0.756 e. The molecular formula is C19H25N8O13P2-. The smallest absolute Gasteiger partial charge is 0.469 e. The zero-order chi connectivity index (χ0) is 30.6. The highest BCUT2D eigenvalue weighted by Gasteiger charge is 2.55. The lowest BCUT2D eigenvalue weighted by molar-refractivity contribution is -0.232. The lowest BCUT2D eigenvalue weighted by atomic mass is 9.89. The van der Waals surface area contributed by atoms with E-state index < -0.39 is 82.7 Å². The molecule has 2 aliphatic heterocycles. The number of aromatic amines is 1. The highest BCUT2D eigenvalue weighted by molar-refractivity contribution is 7.46. The SMILES string of the molecule is Nc1ccn(C2CC(OP(=O)([O-])O)C(COP(=O)(O)O)(CC3OC(n4cnc5c(=O)[nH]c(N)nc54)CC3O)O2)c(=O)n1. The van der Waals surface area contributed by atoms with Crippen molar-refractivity contribution in [1.29, 1.82) is 0 Å². The Kier molecular flexibility index (Phi) is 7.88. The van der Waals surface area contributed by atoms with E-state index in [0.717, 1.165) is 4.57 Å². The molecule has 5 heterocycles. The van der Waals surface area contributed by atoms with Gasteiger partial charge < -0.3 is 50.1 Å². The number of aliphatic hydroxyl groups excluding tert-OH is 1. The average molecular weight is 635 g/mol. The predicted molar refractivity (Wildman–Crippen MR) is 135 cm³/mol. The number of nitrogens with two attached hydrogens (primary N) is 2. The van der Waals surface area contributed by atoms with Crippen LogP contribution in [0.2, 0.25) is 0 Å². The van der Waals surface area contributed by atoms with Crippen molar-refractivity contribution >= 4 is 38.6 Å². The lowest BCUT2D eigenvalue weighted by Crippen LogP contribution is -2.49. The molecule has 7 unspecified atom stereocenters. The topological polar surface area (TPSA) is 326 Å². The van der Waals surface area contributed by atoms with Crippen LogP contribution in [0.25, 0.3) is 11.2 Å². The fraction of sp³-hybridized carbons (Fsp3) is 0.526. The third-order valence-corrected chi connectivity index (χ3v) is 7.77. The van der Waals surface area contributed by atoms with Crippen LogP contribution in [0.1, 0.15) is 31.7 Å². The maximum Gasteiger partial charge on any atom is 0.469 e. The first-order chi connectivity index (χ1) is 19.5. The monoisotopic (exact) mass is 635 g/mol. The van der Waals surface area contributed by atoms with Crippen LogP contribution in [0, 0.1) is 0 Å². The summed E-state index contributed by atoms with van der Waals surface area (Å²) in [5.41, 5.74) is 7.45. The number of aromatic nitrogens is 6. The Morgan fingerprint density at radius 1 is 1.17 bits per heavy atom. The summed E-state index contributed by atoms with van der Waals surface area (Å²) in [4.78, 5) is 78.7. The van der Waals surface area contributed by atoms with Gasteiger partial charge in [0.25, 0.3) is 13.4 Å². The van der Waals surface area contributed by atoms with E-state index in [9.17, 15) is 43.4 Å². The molecule has 2 aliphatic rings. The maximum absolute atomic E-state index is 12.5. The van der Waals surface area contributed by atoms with Crippen molar-refractivity contribution in [3.8, 4) is 0 Å². The van der Waals surface area contributed by atoms with Crippen LogP contribution in [0.4, 0.5) is 11.8 Å². The Bertz CT molecular complexity index is 1700. The Labute approximate surface area is 233 Å². The van der Waals surface area contributed by atoms with E-state index in [0.29, 0.717) is 0 Å². The van der Waals surface area contributed by atoms with E-state index in [2.05, 4.69) is 24.5 Å². The number of imidazole rings is 1. The number of phosphoric ester groups is 2. The molecule has 3 aromatic heterocycles. The second-order valence-electron chi connectivity index (χ2n) is 9.65. The van der Waals surface area contributed by atoms with Gasteiger partial charge in [-0.3, -0.25) is 28.0 Å². The number of nitrogens with zero attached hydrogens (tertiary/aromatic N) is 5. The maximum atomic E-state index is 12.5. The fourth-order valence-electron chi connectivity index (χ4n) is 5.03. The minimum Gasteiger partial charge on any atom is -0.756 e. The molecule has 7 atom stereocenters. The molecule has 5 rings (SSSR count). The molecule has 2 fully saturated rings. The van der Waals surface area contributed by atoms with Crippen LogP contribution in [0.3, 0.4) is 0 Å². The van der Waals surface area contributed by atoms with Gasteiger partial charge in [0.05, 0.1) is 25.1 Å². The first-order valence-electron chi connectivity index (χ1n) is 12.0. The van der Waals surface area contributed by atoms with Crippen LogP contribution in [-0.2, 0) is 27.7 Å². The average Bonchev–Trinajstić information content (AvgIpc) is 3.53. The molecule has 0 bridgehead atoms. The summed E-state index contributed by atoms with van der Waals surface area (Å²) >= 11 is 0. The third kappa shape index (κ3) is 6.31. The zero-order valence-electron chi connectivity index (χ0n) is 21.2. The zero-order valence-corrected chi connectivity index (χ0v) is 23.0. The van der Waals surface area contributed by atoms with E-state index in [4.69, 9.17) is 25.5 Å². The molecule has 0 aliphatic carbocycles. The van der Waals surface area contributed by atoms with Crippen LogP contribution < -0.4 is 27.6 Å². The molecule has 23 heteroatoms. The molecule has 2 saturated heterocycles. The van der Waals surface area contributed by atoms with Crippen molar-refractivity contribution in [1.82, 2.24) is 29.1 Å². The number of hydrogen-bond donors (Lipinski definition) is 7. The molecule has 0 saturated carbocycles. The first-order valence-corrected chi connectivity index (χ1v) is 15.1. The van der Waals surface area contributed by atoms with E-state index >= 15 is 0 Å². The number of nitrogen functional groups attached to an aromatic ring is 2. The van der Waals surface area contributed by atoms with Gasteiger partial charge >= 0.3 is 13.5 Å². The lowest BCUT2D eigenvalue weighted by Gasteiger charge is -2.37. The van der Waals surface area contributed by atoms with Gasteiger partial charge in [0.1, 0.15) is 30.0 Å². The summed E-state index contributed by atoms with van der Waals surface area (Å²) in [5.74, 6) is -0.335. The van der Waals surface area contributed by atoms with E-state index in [1.165, 1.54) is 23.2 Å². The third-order valence-electron chi connectivity index (χ3n) is 6.78. The summed E-state index contributed by atoms with van der Waals surface area (Å²) in [6, 6.07) is 1.24. The predicted octanol–water partition coefficient (Wildman–Crippen LogP) is -2.81. The van der Waals surface area contributed by atoms with Crippen molar-refractivity contribution < 1.29 is 52.3 Å². The quantitative estimate of drug-likeness (QED) is 0.117. The number of ether oxygens (including phenoxy) is 2. The first kappa shape index (κ1) is 30.4. The number of hydrogen-bond acceptors (Lipinski definition) is 15. The Balaban J connectivity index is 1.50. The van der Waals surface area contributed by atoms with E-state index in [1.54, 1.807) is 0 Å². The Morgan fingerprint density at radius 3 is 2.57 bits per heavy atom. The van der Waals surface area contributed by atoms with Gasteiger partial charge in [0, 0.05) is 25.5 Å². The van der Waals surface area contributed by atoms with E-state index in [1.807, 2.05) is 0 Å². The molecule has 0 radical (unpaired) electrons.